The van der Waals surface area contributed by atoms with Crippen molar-refractivity contribution in [3.8, 4) is 23.0 Å². The predicted molar refractivity (Wildman–Crippen MR) is 219 cm³/mol. The zero-order chi connectivity index (χ0) is 45.4. The highest BCUT2D eigenvalue weighted by atomic mass is 19.4. The Hall–Kier alpha value is -6.06. The number of hydrogen-bond acceptors (Lipinski definition) is 7. The molecule has 0 heterocycles. The lowest BCUT2D eigenvalue weighted by Gasteiger charge is -2.29. The Morgan fingerprint density at radius 2 is 1.10 bits per heavy atom. The summed E-state index contributed by atoms with van der Waals surface area (Å²) >= 11 is 0. The third-order valence-corrected chi connectivity index (χ3v) is 11.1. The summed E-state index contributed by atoms with van der Waals surface area (Å²) in [4.78, 5) is 50.9. The van der Waals surface area contributed by atoms with Crippen LogP contribution >= 0.6 is 0 Å². The van der Waals surface area contributed by atoms with Crippen LogP contribution in [0, 0.1) is 23.7 Å². The van der Waals surface area contributed by atoms with Crippen molar-refractivity contribution in [2.24, 2.45) is 23.7 Å². The number of benzene rings is 4. The van der Waals surface area contributed by atoms with E-state index < -0.39 is 41.2 Å². The first kappa shape index (κ1) is 47.0. The molecule has 2 saturated carbocycles. The van der Waals surface area contributed by atoms with Crippen molar-refractivity contribution in [2.45, 2.75) is 77.6 Å². The largest absolute Gasteiger partial charge is 0.478 e. The third-order valence-electron chi connectivity index (χ3n) is 11.1. The number of ether oxygens (including phenoxy) is 3. The van der Waals surface area contributed by atoms with E-state index in [2.05, 4.69) is 19.2 Å². The van der Waals surface area contributed by atoms with Crippen molar-refractivity contribution in [1.29, 1.82) is 0 Å². The highest BCUT2D eigenvalue weighted by Gasteiger charge is 2.36. The summed E-state index contributed by atoms with van der Waals surface area (Å²) in [7, 11) is 2.70. The van der Waals surface area contributed by atoms with Gasteiger partial charge in [-0.3, -0.25) is 9.59 Å². The number of nitrogens with one attached hydrogen (secondary N) is 1. The topological polar surface area (TPSA) is 131 Å². The van der Waals surface area contributed by atoms with Gasteiger partial charge in [0.1, 0.15) is 23.0 Å². The number of halogens is 6. The molecule has 0 atom stereocenters. The Balaban J connectivity index is 0.000000234. The van der Waals surface area contributed by atoms with Crippen molar-refractivity contribution >= 4 is 35.1 Å². The average molecular weight is 871 g/mol. The summed E-state index contributed by atoms with van der Waals surface area (Å²) in [6.07, 6.45) is -2.33. The molecule has 0 aromatic heterocycles. The molecule has 0 bridgehead atoms. The Morgan fingerprint density at radius 1 is 0.645 bits per heavy atom. The summed E-state index contributed by atoms with van der Waals surface area (Å²) in [5.41, 5.74) is -1.71. The molecule has 2 amide bonds. The zero-order valence-electron chi connectivity index (χ0n) is 34.6. The van der Waals surface area contributed by atoms with Crippen molar-refractivity contribution < 1.29 is 64.8 Å². The van der Waals surface area contributed by atoms with E-state index in [1.165, 1.54) is 79.7 Å². The summed E-state index contributed by atoms with van der Waals surface area (Å²) < 4.78 is 94.8. The lowest BCUT2D eigenvalue weighted by Crippen LogP contribution is -2.35. The molecule has 2 aliphatic carbocycles. The summed E-state index contributed by atoms with van der Waals surface area (Å²) in [6, 6.07) is 17.5. The van der Waals surface area contributed by atoms with E-state index in [9.17, 15) is 50.6 Å². The molecule has 332 valence electrons. The fourth-order valence-electron chi connectivity index (χ4n) is 7.51. The Kier molecular flexibility index (Phi) is 15.3. The Morgan fingerprint density at radius 3 is 1.56 bits per heavy atom. The van der Waals surface area contributed by atoms with Crippen molar-refractivity contribution in [1.82, 2.24) is 0 Å². The number of carboxylic acids is 1. The van der Waals surface area contributed by atoms with E-state index >= 15 is 0 Å². The molecule has 4 aromatic carbocycles. The van der Waals surface area contributed by atoms with Crippen LogP contribution < -0.4 is 19.7 Å². The molecular formula is C46H48F6N2O8. The average Bonchev–Trinajstić information content (AvgIpc) is 3.23. The monoisotopic (exact) mass is 870 g/mol. The lowest BCUT2D eigenvalue weighted by atomic mass is 9.82. The van der Waals surface area contributed by atoms with Crippen LogP contribution in [0.1, 0.15) is 97.1 Å². The first-order chi connectivity index (χ1) is 29.3. The van der Waals surface area contributed by atoms with E-state index in [-0.39, 0.29) is 63.4 Å². The molecule has 0 aliphatic heterocycles. The van der Waals surface area contributed by atoms with Crippen molar-refractivity contribution in [2.75, 3.05) is 24.4 Å². The van der Waals surface area contributed by atoms with Crippen molar-refractivity contribution in [3.05, 3.63) is 107 Å². The summed E-state index contributed by atoms with van der Waals surface area (Å²) in [5.74, 6) is -2.41. The number of anilines is 2. The number of aromatic carboxylic acids is 1. The van der Waals surface area contributed by atoms with Crippen LogP contribution in [0.4, 0.5) is 37.7 Å². The van der Waals surface area contributed by atoms with Crippen LogP contribution in [0.25, 0.3) is 0 Å². The van der Waals surface area contributed by atoms with E-state index in [4.69, 9.17) is 14.2 Å². The standard InChI is InChI=1S/2C23H24F3NO4/c1-14-7-9-15(10-8-14)21(28)27-19-12-11-16(13-17(19)22(29)30-2)31-20-6-4-3-5-18(20)23(24,25)26;1-14-7-9-15(10-8-14)21(28)27(2)19-12-11-16(13-17(19)22(29)30)31-20-6-4-3-5-18(20)23(24,25)26/h3-6,11-15H,7-10H2,1-2H3,(H,27,28);3-6,11-15H,7-10H2,1-2H3,(H,29,30). The molecule has 2 aliphatic rings. The number of para-hydroxylation sites is 2. The second-order valence-electron chi connectivity index (χ2n) is 15.7. The number of nitrogens with zero attached hydrogens (tertiary/aromatic N) is 1. The van der Waals surface area contributed by atoms with E-state index in [0.29, 0.717) is 11.8 Å². The number of rotatable bonds is 10. The van der Waals surface area contributed by atoms with Crippen LogP contribution in [-0.2, 0) is 26.7 Å². The van der Waals surface area contributed by atoms with Gasteiger partial charge in [0.15, 0.2) is 0 Å². The quantitative estimate of drug-likeness (QED) is 0.119. The highest BCUT2D eigenvalue weighted by molar-refractivity contribution is 6.03. The first-order valence-electron chi connectivity index (χ1n) is 20.1. The van der Waals surface area contributed by atoms with Gasteiger partial charge < -0.3 is 29.5 Å². The first-order valence-corrected chi connectivity index (χ1v) is 20.1. The number of methoxy groups -OCH3 is 1. The maximum absolute atomic E-state index is 13.2. The van der Waals surface area contributed by atoms with Crippen LogP contribution in [0.3, 0.4) is 0 Å². The number of carboxylic acid groups (broad SMARTS) is 1. The van der Waals surface area contributed by atoms with E-state index in [1.54, 1.807) is 0 Å². The third kappa shape index (κ3) is 12.1. The highest BCUT2D eigenvalue weighted by Crippen LogP contribution is 2.41. The molecule has 0 saturated heterocycles. The number of alkyl halides is 6. The molecule has 2 fully saturated rings. The molecule has 4 aromatic rings. The maximum atomic E-state index is 13.2. The van der Waals surface area contributed by atoms with Gasteiger partial charge >= 0.3 is 24.3 Å². The molecule has 62 heavy (non-hydrogen) atoms. The van der Waals surface area contributed by atoms with Gasteiger partial charge in [0.25, 0.3) is 0 Å². The number of hydrogen-bond donors (Lipinski definition) is 2. The second-order valence-corrected chi connectivity index (χ2v) is 15.7. The van der Waals surface area contributed by atoms with Crippen LogP contribution in [-0.4, -0.2) is 43.0 Å². The van der Waals surface area contributed by atoms with Gasteiger partial charge in [0.05, 0.1) is 40.7 Å². The SMILES string of the molecule is CC1CCC(C(=O)N(C)c2ccc(Oc3ccccc3C(F)(F)F)cc2C(=O)O)CC1.COC(=O)c1cc(Oc2ccccc2C(F)(F)F)ccc1NC(=O)C1CCC(C)CC1. The van der Waals surface area contributed by atoms with Crippen molar-refractivity contribution in [3.63, 3.8) is 0 Å². The molecule has 0 radical (unpaired) electrons. The van der Waals surface area contributed by atoms with Crippen LogP contribution in [0.2, 0.25) is 0 Å². The van der Waals surface area contributed by atoms with Crippen LogP contribution in [0.5, 0.6) is 23.0 Å². The fraction of sp³-hybridized carbons (Fsp3) is 0.391. The summed E-state index contributed by atoms with van der Waals surface area (Å²) in [5, 5.41) is 12.4. The Bertz CT molecular complexity index is 2230. The number of carbonyl (C=O) groups is 4. The van der Waals surface area contributed by atoms with Gasteiger partial charge in [-0.1, -0.05) is 38.1 Å². The Labute approximate surface area is 355 Å². The van der Waals surface area contributed by atoms with Gasteiger partial charge in [-0.15, -0.1) is 0 Å². The zero-order valence-corrected chi connectivity index (χ0v) is 34.6. The van der Waals surface area contributed by atoms with E-state index in [1.807, 2.05) is 0 Å². The van der Waals surface area contributed by atoms with Gasteiger partial charge in [0.2, 0.25) is 11.8 Å². The molecule has 0 spiro atoms. The fourth-order valence-corrected chi connectivity index (χ4v) is 7.51. The minimum absolute atomic E-state index is 0.00187. The van der Waals surface area contributed by atoms with Gasteiger partial charge in [-0.2, -0.15) is 26.3 Å². The molecule has 6 rings (SSSR count). The molecular weight excluding hydrogens is 822 g/mol. The normalized spacial score (nSPS) is 18.9. The number of esters is 1. The van der Waals surface area contributed by atoms with Crippen LogP contribution in [0.15, 0.2) is 84.9 Å². The maximum Gasteiger partial charge on any atom is 0.419 e. The number of amides is 2. The predicted octanol–water partition coefficient (Wildman–Crippen LogP) is 12.0. The summed E-state index contributed by atoms with van der Waals surface area (Å²) in [6.45, 7) is 4.29. The molecule has 10 nitrogen and oxygen atoms in total. The van der Waals surface area contributed by atoms with Gasteiger partial charge in [-0.05, 0) is 124 Å². The van der Waals surface area contributed by atoms with Gasteiger partial charge in [0, 0.05) is 18.9 Å². The second kappa shape index (κ2) is 20.2. The minimum atomic E-state index is -4.61. The smallest absolute Gasteiger partial charge is 0.419 e. The minimum Gasteiger partial charge on any atom is -0.478 e. The molecule has 0 unspecified atom stereocenters. The molecule has 2 N–H and O–H groups in total. The lowest BCUT2D eigenvalue weighted by molar-refractivity contribution is -0.139. The van der Waals surface area contributed by atoms with Gasteiger partial charge in [-0.25, -0.2) is 9.59 Å². The van der Waals surface area contributed by atoms with E-state index in [0.717, 1.165) is 75.6 Å². The number of carbonyl (C=O) groups excluding carboxylic acids is 3. The molecule has 16 heteroatoms.